The molecule has 4 heteroatoms. The van der Waals surface area contributed by atoms with Crippen molar-refractivity contribution in [2.75, 3.05) is 40.6 Å². The van der Waals surface area contributed by atoms with Gasteiger partial charge in [-0.25, -0.2) is 0 Å². The van der Waals surface area contributed by atoms with E-state index in [1.807, 2.05) is 7.05 Å². The van der Waals surface area contributed by atoms with Crippen molar-refractivity contribution in [1.82, 2.24) is 5.32 Å². The minimum absolute atomic E-state index is 0.0917. The Morgan fingerprint density at radius 3 is 2.76 bits per heavy atom. The topological polar surface area (TPSA) is 39.7 Å². The molecule has 0 amide bonds. The van der Waals surface area contributed by atoms with Crippen molar-refractivity contribution in [3.8, 4) is 0 Å². The molecular formula is C13H27NO3. The summed E-state index contributed by atoms with van der Waals surface area (Å²) in [4.78, 5) is 0. The Hall–Kier alpha value is -0.160. The Bertz CT molecular complexity index is 203. The molecule has 1 saturated heterocycles. The first-order chi connectivity index (χ1) is 8.09. The van der Waals surface area contributed by atoms with Gasteiger partial charge in [-0.15, -0.1) is 0 Å². The highest BCUT2D eigenvalue weighted by atomic mass is 16.5. The van der Waals surface area contributed by atoms with E-state index in [4.69, 9.17) is 14.2 Å². The quantitative estimate of drug-likeness (QED) is 0.657. The van der Waals surface area contributed by atoms with E-state index in [1.54, 1.807) is 7.11 Å². The fraction of sp³-hybridized carbons (Fsp3) is 1.00. The van der Waals surface area contributed by atoms with Crippen LogP contribution in [0.2, 0.25) is 0 Å². The number of nitrogens with one attached hydrogen (secondary N) is 1. The lowest BCUT2D eigenvalue weighted by Gasteiger charge is -2.25. The average molecular weight is 245 g/mol. The summed E-state index contributed by atoms with van der Waals surface area (Å²) >= 11 is 0. The van der Waals surface area contributed by atoms with Gasteiger partial charge in [-0.2, -0.15) is 0 Å². The summed E-state index contributed by atoms with van der Waals surface area (Å²) in [6.07, 6.45) is 2.06. The van der Waals surface area contributed by atoms with Crippen LogP contribution < -0.4 is 5.32 Å². The smallest absolute Gasteiger partial charge is 0.0644 e. The molecule has 1 heterocycles. The van der Waals surface area contributed by atoms with Crippen LogP contribution in [0.25, 0.3) is 0 Å². The van der Waals surface area contributed by atoms with Crippen LogP contribution >= 0.6 is 0 Å². The summed E-state index contributed by atoms with van der Waals surface area (Å²) in [7, 11) is 3.73. The molecule has 2 atom stereocenters. The van der Waals surface area contributed by atoms with Crippen molar-refractivity contribution < 1.29 is 14.2 Å². The first-order valence-corrected chi connectivity index (χ1v) is 6.47. The van der Waals surface area contributed by atoms with Crippen molar-refractivity contribution in [1.29, 1.82) is 0 Å². The SMILES string of the molecule is CNC(COCCC(C)(C)OC)C1CCOC1. The van der Waals surface area contributed by atoms with Gasteiger partial charge in [0.05, 0.1) is 18.8 Å². The van der Waals surface area contributed by atoms with Crippen LogP contribution in [-0.4, -0.2) is 52.2 Å². The molecule has 0 spiro atoms. The van der Waals surface area contributed by atoms with E-state index in [2.05, 4.69) is 19.2 Å². The van der Waals surface area contributed by atoms with E-state index in [0.29, 0.717) is 12.0 Å². The van der Waals surface area contributed by atoms with Crippen molar-refractivity contribution in [3.63, 3.8) is 0 Å². The molecule has 2 unspecified atom stereocenters. The first kappa shape index (κ1) is 14.9. The standard InChI is InChI=1S/C13H27NO3/c1-13(2,15-4)6-8-17-10-12(14-3)11-5-7-16-9-11/h11-12,14H,5-10H2,1-4H3. The molecule has 0 saturated carbocycles. The molecule has 0 aromatic carbocycles. The lowest BCUT2D eigenvalue weighted by molar-refractivity contribution is -0.0142. The summed E-state index contributed by atoms with van der Waals surface area (Å²) < 4.78 is 16.5. The van der Waals surface area contributed by atoms with Crippen LogP contribution in [-0.2, 0) is 14.2 Å². The van der Waals surface area contributed by atoms with Gasteiger partial charge in [0.1, 0.15) is 0 Å². The Labute approximate surface area is 105 Å². The van der Waals surface area contributed by atoms with E-state index in [-0.39, 0.29) is 5.60 Å². The summed E-state index contributed by atoms with van der Waals surface area (Å²) in [6, 6.07) is 0.406. The van der Waals surface area contributed by atoms with E-state index >= 15 is 0 Å². The predicted molar refractivity (Wildman–Crippen MR) is 68.3 cm³/mol. The van der Waals surface area contributed by atoms with Crippen molar-refractivity contribution in [2.24, 2.45) is 5.92 Å². The van der Waals surface area contributed by atoms with Crippen LogP contribution in [0.1, 0.15) is 26.7 Å². The highest BCUT2D eigenvalue weighted by Crippen LogP contribution is 2.17. The maximum Gasteiger partial charge on any atom is 0.0644 e. The number of methoxy groups -OCH3 is 1. The van der Waals surface area contributed by atoms with E-state index in [1.165, 1.54) is 0 Å². The van der Waals surface area contributed by atoms with Gasteiger partial charge in [0.2, 0.25) is 0 Å². The second-order valence-corrected chi connectivity index (χ2v) is 5.31. The van der Waals surface area contributed by atoms with Crippen LogP contribution in [0.3, 0.4) is 0 Å². The molecule has 4 nitrogen and oxygen atoms in total. The third kappa shape index (κ3) is 5.34. The molecular weight excluding hydrogens is 218 g/mol. The predicted octanol–water partition coefficient (Wildman–Crippen LogP) is 1.44. The highest BCUT2D eigenvalue weighted by molar-refractivity contribution is 4.78. The maximum atomic E-state index is 5.74. The Morgan fingerprint density at radius 2 is 2.24 bits per heavy atom. The fourth-order valence-electron chi connectivity index (χ4n) is 1.96. The molecule has 0 aromatic rings. The maximum absolute atomic E-state index is 5.74. The highest BCUT2D eigenvalue weighted by Gasteiger charge is 2.25. The van der Waals surface area contributed by atoms with Crippen molar-refractivity contribution >= 4 is 0 Å². The summed E-state index contributed by atoms with van der Waals surface area (Å²) in [6.45, 7) is 7.41. The zero-order valence-corrected chi connectivity index (χ0v) is 11.6. The Morgan fingerprint density at radius 1 is 1.47 bits per heavy atom. The van der Waals surface area contributed by atoms with E-state index in [9.17, 15) is 0 Å². The number of rotatable bonds is 8. The van der Waals surface area contributed by atoms with Gasteiger partial charge in [0, 0.05) is 32.3 Å². The number of hydrogen-bond acceptors (Lipinski definition) is 4. The zero-order chi connectivity index (χ0) is 12.7. The van der Waals surface area contributed by atoms with Crippen LogP contribution in [0.15, 0.2) is 0 Å². The molecule has 0 bridgehead atoms. The third-order valence-corrected chi connectivity index (χ3v) is 3.60. The van der Waals surface area contributed by atoms with Crippen LogP contribution in [0, 0.1) is 5.92 Å². The lowest BCUT2D eigenvalue weighted by atomic mass is 10.00. The molecule has 1 rings (SSSR count). The fourth-order valence-corrected chi connectivity index (χ4v) is 1.96. The summed E-state index contributed by atoms with van der Waals surface area (Å²) in [5.74, 6) is 0.593. The van der Waals surface area contributed by atoms with Gasteiger partial charge >= 0.3 is 0 Å². The zero-order valence-electron chi connectivity index (χ0n) is 11.6. The van der Waals surface area contributed by atoms with Gasteiger partial charge in [0.25, 0.3) is 0 Å². The van der Waals surface area contributed by atoms with Gasteiger partial charge in [-0.3, -0.25) is 0 Å². The largest absolute Gasteiger partial charge is 0.381 e. The van der Waals surface area contributed by atoms with E-state index in [0.717, 1.165) is 39.3 Å². The van der Waals surface area contributed by atoms with Gasteiger partial charge in [-0.1, -0.05) is 0 Å². The average Bonchev–Trinajstić information content (AvgIpc) is 2.83. The molecule has 0 aromatic heterocycles. The Balaban J connectivity index is 2.15. The lowest BCUT2D eigenvalue weighted by Crippen LogP contribution is -2.38. The molecule has 0 radical (unpaired) electrons. The molecule has 1 aliphatic heterocycles. The molecule has 1 N–H and O–H groups in total. The van der Waals surface area contributed by atoms with Crippen molar-refractivity contribution in [3.05, 3.63) is 0 Å². The first-order valence-electron chi connectivity index (χ1n) is 6.47. The second-order valence-electron chi connectivity index (χ2n) is 5.31. The Kier molecular flexibility index (Phi) is 6.41. The minimum atomic E-state index is -0.0917. The van der Waals surface area contributed by atoms with Crippen molar-refractivity contribution in [2.45, 2.75) is 38.3 Å². The molecule has 1 aliphatic rings. The van der Waals surface area contributed by atoms with Gasteiger partial charge in [0.15, 0.2) is 0 Å². The summed E-state index contributed by atoms with van der Waals surface area (Å²) in [5, 5.41) is 3.32. The number of ether oxygens (including phenoxy) is 3. The normalized spacial score (nSPS) is 22.9. The minimum Gasteiger partial charge on any atom is -0.381 e. The van der Waals surface area contributed by atoms with Crippen LogP contribution in [0.5, 0.6) is 0 Å². The molecule has 17 heavy (non-hydrogen) atoms. The second kappa shape index (κ2) is 7.31. The monoisotopic (exact) mass is 245 g/mol. The third-order valence-electron chi connectivity index (χ3n) is 3.60. The molecule has 1 fully saturated rings. The van der Waals surface area contributed by atoms with E-state index < -0.39 is 0 Å². The van der Waals surface area contributed by atoms with Gasteiger partial charge in [-0.05, 0) is 33.7 Å². The van der Waals surface area contributed by atoms with Gasteiger partial charge < -0.3 is 19.5 Å². The molecule has 0 aliphatic carbocycles. The number of likely N-dealkylation sites (N-methyl/N-ethyl adjacent to an activating group) is 1. The van der Waals surface area contributed by atoms with Crippen LogP contribution in [0.4, 0.5) is 0 Å². The molecule has 102 valence electrons. The number of hydrogen-bond donors (Lipinski definition) is 1. The summed E-state index contributed by atoms with van der Waals surface area (Å²) in [5.41, 5.74) is -0.0917.